The molecule has 1 rings (SSSR count). The number of unbranched alkanes of at least 4 members (excludes halogenated alkanes) is 1. The predicted molar refractivity (Wildman–Crippen MR) is 73.7 cm³/mol. The average Bonchev–Trinajstić information content (AvgIpc) is 2.84. The molecular formula is C14H27N3O. The lowest BCUT2D eigenvalue weighted by atomic mass is 10.00. The molecule has 0 aromatic carbocycles. The van der Waals surface area contributed by atoms with Gasteiger partial charge in [0.15, 0.2) is 0 Å². The molecule has 1 atom stereocenters. The Morgan fingerprint density at radius 3 is 2.67 bits per heavy atom. The van der Waals surface area contributed by atoms with Crippen LogP contribution >= 0.6 is 0 Å². The fraction of sp³-hybridized carbons (Fsp3) is 0.857. The van der Waals surface area contributed by atoms with Crippen molar-refractivity contribution in [2.24, 2.45) is 0 Å². The van der Waals surface area contributed by atoms with Gasteiger partial charge in [0.1, 0.15) is 0 Å². The van der Waals surface area contributed by atoms with Crippen LogP contribution < -0.4 is 5.32 Å². The van der Waals surface area contributed by atoms with Crippen molar-refractivity contribution >= 4 is 0 Å². The molecule has 1 aromatic heterocycles. The summed E-state index contributed by atoms with van der Waals surface area (Å²) in [7, 11) is 0. The molecule has 18 heavy (non-hydrogen) atoms. The predicted octanol–water partition coefficient (Wildman–Crippen LogP) is 3.30. The molecule has 0 bridgehead atoms. The Kier molecular flexibility index (Phi) is 7.65. The van der Waals surface area contributed by atoms with Gasteiger partial charge in [-0.25, -0.2) is 0 Å². The number of rotatable bonds is 10. The van der Waals surface area contributed by atoms with E-state index in [1.807, 2.05) is 0 Å². The van der Waals surface area contributed by atoms with Crippen LogP contribution in [0.25, 0.3) is 0 Å². The Morgan fingerprint density at radius 2 is 2.00 bits per heavy atom. The third-order valence-corrected chi connectivity index (χ3v) is 3.22. The smallest absolute Gasteiger partial charge is 0.219 e. The SMILES string of the molecule is CCCCC(CC)c1nnc(CCCNCC)o1. The molecule has 0 fully saturated rings. The van der Waals surface area contributed by atoms with Crippen molar-refractivity contribution in [3.05, 3.63) is 11.8 Å². The van der Waals surface area contributed by atoms with Crippen LogP contribution in [0.4, 0.5) is 0 Å². The van der Waals surface area contributed by atoms with E-state index in [-0.39, 0.29) is 0 Å². The quantitative estimate of drug-likeness (QED) is 0.650. The molecule has 0 spiro atoms. The van der Waals surface area contributed by atoms with Gasteiger partial charge in [-0.05, 0) is 32.4 Å². The fourth-order valence-corrected chi connectivity index (χ4v) is 2.03. The first-order chi connectivity index (χ1) is 8.81. The highest BCUT2D eigenvalue weighted by Crippen LogP contribution is 2.24. The zero-order valence-electron chi connectivity index (χ0n) is 12.0. The van der Waals surface area contributed by atoms with E-state index in [1.54, 1.807) is 0 Å². The minimum absolute atomic E-state index is 0.444. The van der Waals surface area contributed by atoms with Gasteiger partial charge in [0.05, 0.1) is 0 Å². The van der Waals surface area contributed by atoms with Crippen LogP contribution in [0.15, 0.2) is 4.42 Å². The van der Waals surface area contributed by atoms with Crippen molar-refractivity contribution in [1.82, 2.24) is 15.5 Å². The number of aryl methyl sites for hydroxylation is 1. The Labute approximate surface area is 111 Å². The zero-order valence-corrected chi connectivity index (χ0v) is 12.0. The fourth-order valence-electron chi connectivity index (χ4n) is 2.03. The van der Waals surface area contributed by atoms with Crippen LogP contribution in [0, 0.1) is 0 Å². The van der Waals surface area contributed by atoms with E-state index in [4.69, 9.17) is 4.42 Å². The molecule has 104 valence electrons. The lowest BCUT2D eigenvalue weighted by Gasteiger charge is -2.08. The van der Waals surface area contributed by atoms with E-state index < -0.39 is 0 Å². The number of aromatic nitrogens is 2. The van der Waals surface area contributed by atoms with Gasteiger partial charge in [0, 0.05) is 12.3 Å². The van der Waals surface area contributed by atoms with E-state index in [1.165, 1.54) is 12.8 Å². The van der Waals surface area contributed by atoms with Gasteiger partial charge in [-0.15, -0.1) is 10.2 Å². The molecule has 0 radical (unpaired) electrons. The summed E-state index contributed by atoms with van der Waals surface area (Å²) in [4.78, 5) is 0. The molecule has 0 amide bonds. The van der Waals surface area contributed by atoms with Gasteiger partial charge >= 0.3 is 0 Å². The first-order valence-corrected chi connectivity index (χ1v) is 7.34. The molecular weight excluding hydrogens is 226 g/mol. The Bertz CT molecular complexity index is 312. The van der Waals surface area contributed by atoms with Crippen molar-refractivity contribution in [3.8, 4) is 0 Å². The molecule has 1 unspecified atom stereocenters. The van der Waals surface area contributed by atoms with Gasteiger partial charge in [0.2, 0.25) is 11.8 Å². The third-order valence-electron chi connectivity index (χ3n) is 3.22. The van der Waals surface area contributed by atoms with E-state index in [9.17, 15) is 0 Å². The molecule has 1 aromatic rings. The summed E-state index contributed by atoms with van der Waals surface area (Å²) in [5.74, 6) is 2.07. The summed E-state index contributed by atoms with van der Waals surface area (Å²) in [5, 5.41) is 11.6. The van der Waals surface area contributed by atoms with Crippen molar-refractivity contribution < 1.29 is 4.42 Å². The van der Waals surface area contributed by atoms with Crippen molar-refractivity contribution in [3.63, 3.8) is 0 Å². The minimum atomic E-state index is 0.444. The van der Waals surface area contributed by atoms with Crippen LogP contribution in [0.3, 0.4) is 0 Å². The maximum Gasteiger partial charge on any atom is 0.219 e. The van der Waals surface area contributed by atoms with E-state index in [0.717, 1.165) is 50.6 Å². The molecule has 0 saturated carbocycles. The lowest BCUT2D eigenvalue weighted by molar-refractivity contribution is 0.390. The molecule has 1 heterocycles. The van der Waals surface area contributed by atoms with Gasteiger partial charge in [0.25, 0.3) is 0 Å². The number of nitrogens with one attached hydrogen (secondary N) is 1. The molecule has 4 heteroatoms. The van der Waals surface area contributed by atoms with E-state index in [2.05, 4.69) is 36.3 Å². The molecule has 1 N–H and O–H groups in total. The van der Waals surface area contributed by atoms with Crippen LogP contribution in [0.5, 0.6) is 0 Å². The second-order valence-corrected chi connectivity index (χ2v) is 4.74. The lowest BCUT2D eigenvalue weighted by Crippen LogP contribution is -2.14. The minimum Gasteiger partial charge on any atom is -0.425 e. The molecule has 4 nitrogen and oxygen atoms in total. The second kappa shape index (κ2) is 9.09. The highest BCUT2D eigenvalue weighted by Gasteiger charge is 2.16. The maximum absolute atomic E-state index is 5.76. The standard InChI is InChI=1S/C14H27N3O/c1-4-7-9-12(5-2)14-17-16-13(18-14)10-8-11-15-6-3/h12,15H,4-11H2,1-3H3. The largest absolute Gasteiger partial charge is 0.425 e. The van der Waals surface area contributed by atoms with Crippen LogP contribution in [0.1, 0.15) is 70.6 Å². The van der Waals surface area contributed by atoms with Crippen molar-refractivity contribution in [2.45, 2.75) is 65.2 Å². The topological polar surface area (TPSA) is 51.0 Å². The third kappa shape index (κ3) is 5.17. The summed E-state index contributed by atoms with van der Waals surface area (Å²) in [5.41, 5.74) is 0. The van der Waals surface area contributed by atoms with Gasteiger partial charge in [-0.3, -0.25) is 0 Å². The van der Waals surface area contributed by atoms with Gasteiger partial charge in [-0.2, -0.15) is 0 Å². The molecule has 0 aliphatic carbocycles. The number of hydrogen-bond acceptors (Lipinski definition) is 4. The van der Waals surface area contributed by atoms with Crippen molar-refractivity contribution in [2.75, 3.05) is 13.1 Å². The van der Waals surface area contributed by atoms with Crippen LogP contribution in [-0.2, 0) is 6.42 Å². The number of nitrogens with zero attached hydrogens (tertiary/aromatic N) is 2. The Balaban J connectivity index is 2.40. The summed E-state index contributed by atoms with van der Waals surface area (Å²) >= 11 is 0. The molecule has 0 saturated heterocycles. The zero-order chi connectivity index (χ0) is 13.2. The van der Waals surface area contributed by atoms with Gasteiger partial charge < -0.3 is 9.73 Å². The maximum atomic E-state index is 5.76. The monoisotopic (exact) mass is 253 g/mol. The Hall–Kier alpha value is -0.900. The van der Waals surface area contributed by atoms with Crippen molar-refractivity contribution in [1.29, 1.82) is 0 Å². The second-order valence-electron chi connectivity index (χ2n) is 4.74. The van der Waals surface area contributed by atoms with E-state index in [0.29, 0.717) is 5.92 Å². The van der Waals surface area contributed by atoms with Gasteiger partial charge in [-0.1, -0.05) is 33.6 Å². The summed E-state index contributed by atoms with van der Waals surface area (Å²) in [6.07, 6.45) is 6.63. The molecule has 0 aliphatic rings. The number of hydrogen-bond donors (Lipinski definition) is 1. The van der Waals surface area contributed by atoms with Crippen LogP contribution in [0.2, 0.25) is 0 Å². The first kappa shape index (κ1) is 15.2. The summed E-state index contributed by atoms with van der Waals surface area (Å²) < 4.78 is 5.76. The summed E-state index contributed by atoms with van der Waals surface area (Å²) in [6, 6.07) is 0. The molecule has 0 aliphatic heterocycles. The van der Waals surface area contributed by atoms with E-state index >= 15 is 0 Å². The highest BCUT2D eigenvalue weighted by atomic mass is 16.4. The summed E-state index contributed by atoms with van der Waals surface area (Å²) in [6.45, 7) is 8.55. The van der Waals surface area contributed by atoms with Crippen LogP contribution in [-0.4, -0.2) is 23.3 Å². The highest BCUT2D eigenvalue weighted by molar-refractivity contribution is 4.91. The average molecular weight is 253 g/mol. The normalized spacial score (nSPS) is 12.8. The first-order valence-electron chi connectivity index (χ1n) is 7.34. The Morgan fingerprint density at radius 1 is 1.17 bits per heavy atom.